The predicted octanol–water partition coefficient (Wildman–Crippen LogP) is 4.98. The van der Waals surface area contributed by atoms with E-state index in [9.17, 15) is 29.1 Å². The van der Waals surface area contributed by atoms with Crippen LogP contribution >= 0.6 is 0 Å². The van der Waals surface area contributed by atoms with Gasteiger partial charge in [0.05, 0.1) is 31.1 Å². The molecule has 480 valence electrons. The summed E-state index contributed by atoms with van der Waals surface area (Å²) in [6.45, 7) is 19.9. The molecule has 4 aliphatic heterocycles. The van der Waals surface area contributed by atoms with Crippen LogP contribution in [0.3, 0.4) is 0 Å². The van der Waals surface area contributed by atoms with Crippen LogP contribution in [0.1, 0.15) is 134 Å². The molecule has 0 fully saturated rings. The van der Waals surface area contributed by atoms with Crippen LogP contribution in [0.4, 0.5) is 34.6 Å². The number of nitrogens with one attached hydrogen (secondary N) is 2. The maximum atomic E-state index is 14.0. The maximum absolute atomic E-state index is 14.0. The minimum Gasteiger partial charge on any atom is -0.870 e. The molecular formula is C67H83LiN16O8. The molecule has 2 aliphatic carbocycles. The Kier molecular flexibility index (Phi) is 18.3. The topological polar surface area (TPSA) is 263 Å². The van der Waals surface area contributed by atoms with E-state index in [2.05, 4.69) is 95.2 Å². The molecule has 8 aromatic heterocycles. The van der Waals surface area contributed by atoms with Gasteiger partial charge < -0.3 is 44.2 Å². The molecule has 2 amide bonds. The number of aryl methyl sites for hydroxylation is 2. The molecule has 0 aromatic carbocycles. The average molecular weight is 1250 g/mol. The van der Waals surface area contributed by atoms with Crippen molar-refractivity contribution in [2.75, 3.05) is 60.7 Å². The van der Waals surface area contributed by atoms with Crippen LogP contribution in [0.25, 0.3) is 22.3 Å². The summed E-state index contributed by atoms with van der Waals surface area (Å²) in [5.74, 6) is 1.43. The summed E-state index contributed by atoms with van der Waals surface area (Å²) in [6.07, 6.45) is 10.6. The third-order valence-corrected chi connectivity index (χ3v) is 19.0. The van der Waals surface area contributed by atoms with E-state index in [1.165, 1.54) is 38.6 Å². The van der Waals surface area contributed by atoms with Crippen LogP contribution in [0.5, 0.6) is 0 Å². The van der Waals surface area contributed by atoms with Crippen LogP contribution in [-0.4, -0.2) is 126 Å². The molecule has 0 spiro atoms. The number of anilines is 6. The molecule has 0 radical (unpaired) electrons. The van der Waals surface area contributed by atoms with Crippen molar-refractivity contribution in [3.63, 3.8) is 0 Å². The van der Waals surface area contributed by atoms with E-state index in [0.29, 0.717) is 100 Å². The number of likely N-dealkylation sites (N-methyl/N-ethyl adjacent to an activating group) is 2. The molecule has 14 rings (SSSR count). The van der Waals surface area contributed by atoms with Gasteiger partial charge in [0.25, 0.3) is 22.9 Å². The minimum absolute atomic E-state index is 0. The molecule has 8 aromatic rings. The van der Waals surface area contributed by atoms with Crippen LogP contribution in [0.2, 0.25) is 0 Å². The second-order valence-electron chi connectivity index (χ2n) is 26.6. The van der Waals surface area contributed by atoms with Gasteiger partial charge in [-0.25, -0.2) is 9.97 Å². The fourth-order valence-corrected chi connectivity index (χ4v) is 14.2. The van der Waals surface area contributed by atoms with Crippen LogP contribution in [0.15, 0.2) is 82.9 Å². The van der Waals surface area contributed by atoms with E-state index in [1.807, 2.05) is 45.8 Å². The molecule has 0 saturated carbocycles. The van der Waals surface area contributed by atoms with E-state index >= 15 is 0 Å². The molecular weight excluding hydrogens is 1160 g/mol. The SMILES string of the molecule is C.CC(=O)OCc1c(-c2cc(Nc3cc4n(n3)CCN(C)C4C)c(=O)n(C)c2)ccnc1N1CCn2c(cc3c2CC(C)(C)C3)C1=O.CC1c2cc(Nc3cc(-c4ccnc(N5CCn6c(cc7c6CC(C)(C)C7)C5=O)c4CO)cn(C)c3=O)nn2CCN1C.[Li+].[OH-]. The molecule has 12 heterocycles. The first-order valence-corrected chi connectivity index (χ1v) is 30.7. The number of carbonyl (C=O) groups is 3. The van der Waals surface area contributed by atoms with Gasteiger partial charge in [-0.05, 0) is 123 Å². The van der Waals surface area contributed by atoms with Gasteiger partial charge in [-0.1, -0.05) is 35.1 Å². The number of esters is 1. The normalized spacial score (nSPS) is 18.4. The largest absolute Gasteiger partial charge is 1.00 e. The van der Waals surface area contributed by atoms with Crippen molar-refractivity contribution in [3.8, 4) is 22.3 Å². The summed E-state index contributed by atoms with van der Waals surface area (Å²) in [7, 11) is 7.58. The standard InChI is InChI=1S/C34H40N8O4.C32H38N8O3.CH4.Li.H2O/c1-20-27-15-30(37-42(27)12-9-38(20)5)36-26-13-23(18-39(6)32(26)44)24-7-8-35-31(25(24)19-46-21(2)43)41-11-10-40-28(33(41)45)14-22-16-34(3,4)17-29(22)40;1-19-25-14-28(35-40(25)11-8-36(19)4)34-24-12-21(17-37(5)30(24)42)22-6-7-33-29(23(22)18-41)39-10-9-38-26(31(39)43)13-20-15-32(2,3)16-27(20)38;;;/h7-8,13-15,18,20H,9-12,16-17,19H2,1-6H3,(H,36,37);6-7,12-14,17,19,41H,8-11,15-16,18H2,1-5H3,(H,34,35);1H4;;1H2/q;;;+1;/p-1. The van der Waals surface area contributed by atoms with Gasteiger partial charge in [-0.2, -0.15) is 10.2 Å². The summed E-state index contributed by atoms with van der Waals surface area (Å²) in [4.78, 5) is 83.4. The molecule has 92 heavy (non-hydrogen) atoms. The van der Waals surface area contributed by atoms with Gasteiger partial charge in [-0.3, -0.25) is 52.9 Å². The van der Waals surface area contributed by atoms with Gasteiger partial charge in [-0.15, -0.1) is 0 Å². The molecule has 6 aliphatic rings. The summed E-state index contributed by atoms with van der Waals surface area (Å²) >= 11 is 0. The molecule has 2 atom stereocenters. The molecule has 0 saturated heterocycles. The smallest absolute Gasteiger partial charge is 0.870 e. The van der Waals surface area contributed by atoms with E-state index in [-0.39, 0.29) is 90.8 Å². The van der Waals surface area contributed by atoms with Gasteiger partial charge in [0, 0.05) is 143 Å². The predicted molar refractivity (Wildman–Crippen MR) is 348 cm³/mol. The van der Waals surface area contributed by atoms with Crippen LogP contribution in [-0.2, 0) is 88.7 Å². The zero-order valence-corrected chi connectivity index (χ0v) is 54.1. The zero-order valence-electron chi connectivity index (χ0n) is 54.1. The second-order valence-corrected chi connectivity index (χ2v) is 26.6. The number of rotatable bonds is 11. The third kappa shape index (κ3) is 12.0. The van der Waals surface area contributed by atoms with Gasteiger partial charge in [0.15, 0.2) is 11.6 Å². The van der Waals surface area contributed by atoms with Crippen molar-refractivity contribution < 1.29 is 48.6 Å². The fraction of sp³-hybridized carbons (Fsp3) is 0.448. The van der Waals surface area contributed by atoms with Crippen LogP contribution in [0, 0.1) is 10.8 Å². The van der Waals surface area contributed by atoms with E-state index in [1.54, 1.807) is 60.8 Å². The Bertz CT molecular complexity index is 4340. The van der Waals surface area contributed by atoms with Crippen LogP contribution < -0.4 is 50.4 Å². The van der Waals surface area contributed by atoms with Crippen molar-refractivity contribution in [2.45, 2.75) is 133 Å². The van der Waals surface area contributed by atoms with Crippen molar-refractivity contribution in [2.24, 2.45) is 24.9 Å². The quantitative estimate of drug-likeness (QED) is 0.114. The van der Waals surface area contributed by atoms with Gasteiger partial charge in [0.1, 0.15) is 41.0 Å². The Morgan fingerprint density at radius 1 is 0.609 bits per heavy atom. The Hall–Kier alpha value is -8.37. The number of aliphatic hydroxyl groups excluding tert-OH is 1. The zero-order chi connectivity index (χ0) is 62.7. The molecule has 24 nitrogen and oxygen atoms in total. The van der Waals surface area contributed by atoms with E-state index < -0.39 is 5.97 Å². The Labute approximate surface area is 547 Å². The first-order valence-electron chi connectivity index (χ1n) is 30.7. The van der Waals surface area contributed by atoms with Gasteiger partial charge in [0.2, 0.25) is 0 Å². The number of carbonyl (C=O) groups excluding carboxylic acids is 3. The first kappa shape index (κ1) is 66.5. The number of pyridine rings is 4. The van der Waals surface area contributed by atoms with E-state index in [0.717, 1.165) is 68.8 Å². The average Bonchev–Trinajstić information content (AvgIpc) is 1.57. The van der Waals surface area contributed by atoms with Crippen molar-refractivity contribution in [1.82, 2.24) is 57.6 Å². The number of aliphatic hydroxyl groups is 1. The van der Waals surface area contributed by atoms with Crippen molar-refractivity contribution in [3.05, 3.63) is 150 Å². The number of amides is 2. The number of hydrogen-bond acceptors (Lipinski definition) is 16. The van der Waals surface area contributed by atoms with E-state index in [4.69, 9.17) is 14.9 Å². The first-order chi connectivity index (χ1) is 42.4. The third-order valence-electron chi connectivity index (χ3n) is 19.0. The summed E-state index contributed by atoms with van der Waals surface area (Å²) in [6, 6.07) is 15.7. The Morgan fingerprint density at radius 3 is 1.46 bits per heavy atom. The summed E-state index contributed by atoms with van der Waals surface area (Å²) < 4.78 is 16.9. The van der Waals surface area contributed by atoms with Crippen molar-refractivity contribution >= 4 is 52.4 Å². The number of hydrogen-bond donors (Lipinski definition) is 3. The number of fused-ring (bicyclic) bond motifs is 8. The number of aromatic nitrogens is 10. The van der Waals surface area contributed by atoms with Gasteiger partial charge >= 0.3 is 24.8 Å². The summed E-state index contributed by atoms with van der Waals surface area (Å²) in [5, 5.41) is 26.5. The molecule has 25 heteroatoms. The summed E-state index contributed by atoms with van der Waals surface area (Å²) in [5.41, 5.74) is 13.3. The monoisotopic (exact) mass is 1250 g/mol. The maximum Gasteiger partial charge on any atom is 1.00 e. The number of ether oxygens (including phenoxy) is 1. The fourth-order valence-electron chi connectivity index (χ4n) is 14.2. The molecule has 2 unspecified atom stereocenters. The second kappa shape index (κ2) is 25.3. The molecule has 0 bridgehead atoms. The minimum atomic E-state index is -0.440. The number of nitrogens with zero attached hydrogens (tertiary/aromatic N) is 14. The Morgan fingerprint density at radius 2 is 1.03 bits per heavy atom. The van der Waals surface area contributed by atoms with Crippen molar-refractivity contribution in [1.29, 1.82) is 0 Å². The molecule has 4 N–H and O–H groups in total. The Balaban J connectivity index is 0.000000196.